The van der Waals surface area contributed by atoms with Crippen LogP contribution in [-0.4, -0.2) is 16.4 Å². The second-order valence-corrected chi connectivity index (χ2v) is 4.51. The minimum Gasteiger partial charge on any atom is -0.411 e. The van der Waals surface area contributed by atoms with Crippen molar-refractivity contribution in [3.63, 3.8) is 0 Å². The second-order valence-electron chi connectivity index (χ2n) is 3.48. The number of fused-ring (bicyclic) bond motifs is 1. The van der Waals surface area contributed by atoms with E-state index in [1.54, 1.807) is 0 Å². The van der Waals surface area contributed by atoms with Crippen LogP contribution >= 0.6 is 0 Å². The summed E-state index contributed by atoms with van der Waals surface area (Å²) < 4.78 is 5.60. The molecule has 2 heteroatoms. The van der Waals surface area contributed by atoms with E-state index < -0.39 is 0 Å². The van der Waals surface area contributed by atoms with E-state index in [2.05, 4.69) is 49.4 Å². The third-order valence-corrected chi connectivity index (χ3v) is 3.28. The fourth-order valence-corrected chi connectivity index (χ4v) is 2.51. The first-order chi connectivity index (χ1) is 7.42. The van der Waals surface area contributed by atoms with Crippen LogP contribution in [0.5, 0.6) is 0 Å². The van der Waals surface area contributed by atoms with Crippen molar-refractivity contribution in [1.82, 2.24) is 0 Å². The molecule has 2 aromatic rings. The van der Waals surface area contributed by atoms with E-state index >= 15 is 0 Å². The first kappa shape index (κ1) is 10.4. The zero-order valence-electron chi connectivity index (χ0n) is 8.86. The molecule has 0 fully saturated rings. The first-order valence-electron chi connectivity index (χ1n) is 5.27. The highest BCUT2D eigenvalue weighted by Crippen LogP contribution is 2.10. The van der Waals surface area contributed by atoms with E-state index in [1.165, 1.54) is 16.0 Å². The van der Waals surface area contributed by atoms with Crippen molar-refractivity contribution in [1.29, 1.82) is 0 Å². The normalized spacial score (nSPS) is 10.7. The summed E-state index contributed by atoms with van der Waals surface area (Å²) in [6.45, 7) is 2.98. The van der Waals surface area contributed by atoms with Gasteiger partial charge in [-0.1, -0.05) is 49.4 Å². The lowest BCUT2D eigenvalue weighted by atomic mass is 10.1. The van der Waals surface area contributed by atoms with Crippen LogP contribution in [0.15, 0.2) is 42.5 Å². The van der Waals surface area contributed by atoms with Gasteiger partial charge in [0.1, 0.15) is 0 Å². The Morgan fingerprint density at radius 1 is 1.07 bits per heavy atom. The standard InChI is InChI=1S/C13H14OSi/c1-2-10-14-15-13-9-5-7-11-6-3-4-8-12(11)13/h3-9H,2,10H2,1H3. The molecule has 2 radical (unpaired) electrons. The highest BCUT2D eigenvalue weighted by atomic mass is 28.2. The van der Waals surface area contributed by atoms with Gasteiger partial charge < -0.3 is 4.43 Å². The van der Waals surface area contributed by atoms with Crippen molar-refractivity contribution < 1.29 is 4.43 Å². The Balaban J connectivity index is 2.26. The molecule has 0 heterocycles. The molecule has 0 aromatic heterocycles. The fourth-order valence-electron chi connectivity index (χ4n) is 1.55. The molecule has 0 aliphatic carbocycles. The Bertz CT molecular complexity index is 434. The van der Waals surface area contributed by atoms with Crippen molar-refractivity contribution in [2.75, 3.05) is 6.61 Å². The van der Waals surface area contributed by atoms with Crippen molar-refractivity contribution >= 4 is 25.7 Å². The number of hydrogen-bond acceptors (Lipinski definition) is 1. The van der Waals surface area contributed by atoms with Crippen LogP contribution < -0.4 is 5.19 Å². The van der Waals surface area contributed by atoms with Crippen molar-refractivity contribution in [2.24, 2.45) is 0 Å². The van der Waals surface area contributed by atoms with Gasteiger partial charge >= 0.3 is 0 Å². The van der Waals surface area contributed by atoms with Crippen molar-refractivity contribution in [3.8, 4) is 0 Å². The van der Waals surface area contributed by atoms with Gasteiger partial charge in [-0.25, -0.2) is 0 Å². The topological polar surface area (TPSA) is 9.23 Å². The van der Waals surface area contributed by atoms with E-state index in [0.29, 0.717) is 9.76 Å². The van der Waals surface area contributed by atoms with Crippen LogP contribution in [0.1, 0.15) is 13.3 Å². The molecule has 0 aliphatic rings. The maximum absolute atomic E-state index is 5.60. The Hall–Kier alpha value is -1.12. The third-order valence-electron chi connectivity index (χ3n) is 2.28. The van der Waals surface area contributed by atoms with Crippen LogP contribution in [0.2, 0.25) is 0 Å². The zero-order valence-corrected chi connectivity index (χ0v) is 9.86. The molecule has 0 spiro atoms. The summed E-state index contributed by atoms with van der Waals surface area (Å²) in [4.78, 5) is 0. The van der Waals surface area contributed by atoms with Crippen LogP contribution in [0.3, 0.4) is 0 Å². The Morgan fingerprint density at radius 2 is 1.87 bits per heavy atom. The molecular formula is C13H14OSi. The molecule has 0 atom stereocenters. The number of hydrogen-bond donors (Lipinski definition) is 0. The molecule has 0 amide bonds. The summed E-state index contributed by atoms with van der Waals surface area (Å²) in [5.41, 5.74) is 0. The average Bonchev–Trinajstić information content (AvgIpc) is 2.30. The minimum atomic E-state index is 0.465. The van der Waals surface area contributed by atoms with Gasteiger partial charge in [-0.3, -0.25) is 0 Å². The molecule has 0 saturated heterocycles. The monoisotopic (exact) mass is 214 g/mol. The lowest BCUT2D eigenvalue weighted by molar-refractivity contribution is 0.341. The summed E-state index contributed by atoms with van der Waals surface area (Å²) >= 11 is 0. The van der Waals surface area contributed by atoms with E-state index in [1.807, 2.05) is 0 Å². The molecule has 0 aliphatic heterocycles. The second kappa shape index (κ2) is 5.10. The first-order valence-corrected chi connectivity index (χ1v) is 6.18. The highest BCUT2D eigenvalue weighted by Gasteiger charge is 2.01. The van der Waals surface area contributed by atoms with Crippen LogP contribution in [-0.2, 0) is 4.43 Å². The molecule has 0 saturated carbocycles. The van der Waals surface area contributed by atoms with E-state index in [-0.39, 0.29) is 0 Å². The molecule has 2 rings (SSSR count). The molecule has 15 heavy (non-hydrogen) atoms. The highest BCUT2D eigenvalue weighted by molar-refractivity contribution is 6.51. The molecule has 0 bridgehead atoms. The number of rotatable bonds is 4. The summed E-state index contributed by atoms with van der Waals surface area (Å²) in [5.74, 6) is 0. The largest absolute Gasteiger partial charge is 0.411 e. The van der Waals surface area contributed by atoms with Crippen LogP contribution in [0.4, 0.5) is 0 Å². The molecule has 1 nitrogen and oxygen atoms in total. The van der Waals surface area contributed by atoms with E-state index in [0.717, 1.165) is 13.0 Å². The lowest BCUT2D eigenvalue weighted by Gasteiger charge is -2.05. The van der Waals surface area contributed by atoms with Gasteiger partial charge in [-0.05, 0) is 22.4 Å². The lowest BCUT2D eigenvalue weighted by Crippen LogP contribution is -2.18. The predicted molar refractivity (Wildman–Crippen MR) is 65.6 cm³/mol. The number of benzene rings is 2. The quantitative estimate of drug-likeness (QED) is 0.561. The molecular weight excluding hydrogens is 200 g/mol. The summed E-state index contributed by atoms with van der Waals surface area (Å²) in [5, 5.41) is 3.92. The Labute approximate surface area is 93.0 Å². The minimum absolute atomic E-state index is 0.465. The average molecular weight is 214 g/mol. The maximum atomic E-state index is 5.60. The fraction of sp³-hybridized carbons (Fsp3) is 0.231. The molecule has 2 aromatic carbocycles. The maximum Gasteiger partial charge on any atom is 0.269 e. The van der Waals surface area contributed by atoms with Gasteiger partial charge in [0.25, 0.3) is 9.76 Å². The SMILES string of the molecule is CCCO[Si]c1cccc2ccccc12. The molecule has 0 N–H and O–H groups in total. The van der Waals surface area contributed by atoms with Crippen LogP contribution in [0, 0.1) is 0 Å². The third kappa shape index (κ3) is 2.46. The van der Waals surface area contributed by atoms with Gasteiger partial charge in [-0.15, -0.1) is 0 Å². The summed E-state index contributed by atoms with van der Waals surface area (Å²) in [7, 11) is 0.465. The van der Waals surface area contributed by atoms with Gasteiger partial charge in [0, 0.05) is 6.61 Å². The molecule has 76 valence electrons. The van der Waals surface area contributed by atoms with Gasteiger partial charge in [0.05, 0.1) is 0 Å². The van der Waals surface area contributed by atoms with Gasteiger partial charge in [-0.2, -0.15) is 0 Å². The predicted octanol–water partition coefficient (Wildman–Crippen LogP) is 2.51. The van der Waals surface area contributed by atoms with Crippen molar-refractivity contribution in [3.05, 3.63) is 42.5 Å². The van der Waals surface area contributed by atoms with Gasteiger partial charge in [0.2, 0.25) is 0 Å². The van der Waals surface area contributed by atoms with E-state index in [9.17, 15) is 0 Å². The smallest absolute Gasteiger partial charge is 0.269 e. The summed E-state index contributed by atoms with van der Waals surface area (Å²) in [6.07, 6.45) is 1.08. The zero-order chi connectivity index (χ0) is 10.5. The van der Waals surface area contributed by atoms with Crippen molar-refractivity contribution in [2.45, 2.75) is 13.3 Å². The Kier molecular flexibility index (Phi) is 3.53. The Morgan fingerprint density at radius 3 is 2.73 bits per heavy atom. The van der Waals surface area contributed by atoms with E-state index in [4.69, 9.17) is 4.43 Å². The summed E-state index contributed by atoms with van der Waals surface area (Å²) in [6, 6.07) is 14.8. The molecule has 0 unspecified atom stereocenters. The van der Waals surface area contributed by atoms with Crippen LogP contribution in [0.25, 0.3) is 10.8 Å². The van der Waals surface area contributed by atoms with Gasteiger partial charge in [0.15, 0.2) is 0 Å².